The normalized spacial score (nSPS) is 11.0. The van der Waals surface area contributed by atoms with Crippen LogP contribution in [0.3, 0.4) is 0 Å². The van der Waals surface area contributed by atoms with Gasteiger partial charge >= 0.3 is 0 Å². The summed E-state index contributed by atoms with van der Waals surface area (Å²) < 4.78 is 0. The zero-order valence-corrected chi connectivity index (χ0v) is 17.4. The van der Waals surface area contributed by atoms with Crippen molar-refractivity contribution in [2.45, 2.75) is 27.7 Å². The van der Waals surface area contributed by atoms with Crippen LogP contribution in [-0.2, 0) is 0 Å². The van der Waals surface area contributed by atoms with Crippen LogP contribution in [0.25, 0.3) is 21.3 Å². The molecule has 0 amide bonds. The van der Waals surface area contributed by atoms with Crippen LogP contribution in [0.15, 0.2) is 42.7 Å². The molecule has 4 aromatic rings. The van der Waals surface area contributed by atoms with E-state index in [4.69, 9.17) is 0 Å². The minimum absolute atomic E-state index is 0.0410. The van der Waals surface area contributed by atoms with Gasteiger partial charge in [0.1, 0.15) is 17.0 Å². The Labute approximate surface area is 172 Å². The predicted octanol–water partition coefficient (Wildman–Crippen LogP) is 6.24. The summed E-state index contributed by atoms with van der Waals surface area (Å²) in [6, 6.07) is 11.2. The first-order valence-electron chi connectivity index (χ1n) is 9.19. The number of aryl methyl sites for hydroxylation is 4. The van der Waals surface area contributed by atoms with Gasteiger partial charge < -0.3 is 5.32 Å². The van der Waals surface area contributed by atoms with E-state index in [1.54, 1.807) is 17.4 Å². The second-order valence-corrected chi connectivity index (χ2v) is 8.32. The van der Waals surface area contributed by atoms with Gasteiger partial charge in [-0.05, 0) is 49.9 Å². The van der Waals surface area contributed by atoms with E-state index in [-0.39, 0.29) is 5.69 Å². The Morgan fingerprint density at radius 2 is 1.72 bits per heavy atom. The number of nitrogens with one attached hydrogen (secondary N) is 1. The number of nitrogens with zero attached hydrogens (tertiary/aromatic N) is 3. The van der Waals surface area contributed by atoms with Gasteiger partial charge in [-0.15, -0.1) is 11.3 Å². The molecule has 0 saturated carbocycles. The number of nitro groups is 1. The molecule has 0 spiro atoms. The maximum absolute atomic E-state index is 11.2. The fraction of sp³-hybridized carbons (Fsp3) is 0.182. The van der Waals surface area contributed by atoms with Gasteiger partial charge in [0, 0.05) is 28.3 Å². The quantitative estimate of drug-likeness (QED) is 0.321. The third-order valence-electron chi connectivity index (χ3n) is 5.14. The Morgan fingerprint density at radius 1 is 0.966 bits per heavy atom. The van der Waals surface area contributed by atoms with Gasteiger partial charge in [0.05, 0.1) is 10.3 Å². The lowest BCUT2D eigenvalue weighted by Gasteiger charge is -2.12. The second kappa shape index (κ2) is 7.25. The largest absolute Gasteiger partial charge is 0.339 e. The zero-order chi connectivity index (χ0) is 20.7. The standard InChI is InChI=1S/C22H20N4O2S/c1-12-5-7-16(9-14(12)3)19-15(4)29-22-20(19)21(23-11-24-22)25-18-10-17(26(27)28)8-6-13(18)2/h5-11H,1-4H3,(H,23,24,25). The summed E-state index contributed by atoms with van der Waals surface area (Å²) in [6.07, 6.45) is 1.53. The Hall–Kier alpha value is -3.32. The molecule has 0 bridgehead atoms. The van der Waals surface area contributed by atoms with Crippen LogP contribution >= 0.6 is 11.3 Å². The number of aromatic nitrogens is 2. The molecule has 0 fully saturated rings. The van der Waals surface area contributed by atoms with Crippen molar-refractivity contribution < 1.29 is 4.92 Å². The van der Waals surface area contributed by atoms with Crippen molar-refractivity contribution in [3.05, 3.63) is 74.4 Å². The van der Waals surface area contributed by atoms with E-state index < -0.39 is 4.92 Å². The van der Waals surface area contributed by atoms with Gasteiger partial charge in [0.25, 0.3) is 5.69 Å². The summed E-state index contributed by atoms with van der Waals surface area (Å²) in [5.41, 5.74) is 6.29. The zero-order valence-electron chi connectivity index (χ0n) is 16.6. The number of thiophene rings is 1. The van der Waals surface area contributed by atoms with Crippen molar-refractivity contribution in [1.29, 1.82) is 0 Å². The highest BCUT2D eigenvalue weighted by molar-refractivity contribution is 7.19. The van der Waals surface area contributed by atoms with Gasteiger partial charge in [0.2, 0.25) is 0 Å². The van der Waals surface area contributed by atoms with Crippen molar-refractivity contribution in [2.75, 3.05) is 5.32 Å². The molecule has 0 unspecified atom stereocenters. The molecule has 1 N–H and O–H groups in total. The molecule has 0 aliphatic carbocycles. The molecule has 0 saturated heterocycles. The van der Waals surface area contributed by atoms with Gasteiger partial charge in [0.15, 0.2) is 0 Å². The van der Waals surface area contributed by atoms with Gasteiger partial charge in [-0.2, -0.15) is 0 Å². The molecule has 146 valence electrons. The SMILES string of the molecule is Cc1ccc(-c2c(C)sc3ncnc(Nc4cc([N+](=O)[O-])ccc4C)c23)cc1C. The number of non-ortho nitro benzene ring substituents is 1. The maximum atomic E-state index is 11.2. The van der Waals surface area contributed by atoms with Crippen molar-refractivity contribution >= 4 is 38.7 Å². The number of hydrogen-bond acceptors (Lipinski definition) is 6. The van der Waals surface area contributed by atoms with Crippen LogP contribution < -0.4 is 5.32 Å². The van der Waals surface area contributed by atoms with Crippen LogP contribution in [-0.4, -0.2) is 14.9 Å². The highest BCUT2D eigenvalue weighted by Crippen LogP contribution is 2.41. The van der Waals surface area contributed by atoms with Crippen LogP contribution in [0.1, 0.15) is 21.6 Å². The van der Waals surface area contributed by atoms with Crippen molar-refractivity contribution in [3.8, 4) is 11.1 Å². The molecule has 0 atom stereocenters. The molecule has 2 aromatic heterocycles. The van der Waals surface area contributed by atoms with E-state index in [1.165, 1.54) is 29.6 Å². The first kappa shape index (κ1) is 19.0. The fourth-order valence-corrected chi connectivity index (χ4v) is 4.38. The summed E-state index contributed by atoms with van der Waals surface area (Å²) in [5.74, 6) is 0.649. The molecule has 2 aromatic carbocycles. The Balaban J connectivity index is 1.90. The number of fused-ring (bicyclic) bond motifs is 1. The smallest absolute Gasteiger partial charge is 0.271 e. The van der Waals surface area contributed by atoms with Crippen LogP contribution in [0.2, 0.25) is 0 Å². The molecule has 2 heterocycles. The monoisotopic (exact) mass is 404 g/mol. The fourth-order valence-electron chi connectivity index (χ4n) is 3.37. The second-order valence-electron chi connectivity index (χ2n) is 7.12. The molecule has 6 nitrogen and oxygen atoms in total. The van der Waals surface area contributed by atoms with Gasteiger partial charge in [-0.1, -0.05) is 24.3 Å². The van der Waals surface area contributed by atoms with Gasteiger partial charge in [-0.25, -0.2) is 9.97 Å². The number of benzene rings is 2. The number of rotatable bonds is 4. The Kier molecular flexibility index (Phi) is 4.76. The molecule has 0 aliphatic heterocycles. The van der Waals surface area contributed by atoms with Crippen LogP contribution in [0, 0.1) is 37.8 Å². The van der Waals surface area contributed by atoms with E-state index in [0.29, 0.717) is 11.5 Å². The van der Waals surface area contributed by atoms with Crippen molar-refractivity contribution in [3.63, 3.8) is 0 Å². The highest BCUT2D eigenvalue weighted by atomic mass is 32.1. The molecule has 0 aliphatic rings. The van der Waals surface area contributed by atoms with E-state index in [2.05, 4.69) is 54.3 Å². The van der Waals surface area contributed by atoms with Crippen LogP contribution in [0.4, 0.5) is 17.2 Å². The predicted molar refractivity (Wildman–Crippen MR) is 118 cm³/mol. The lowest BCUT2D eigenvalue weighted by molar-refractivity contribution is -0.384. The topological polar surface area (TPSA) is 81.0 Å². The summed E-state index contributed by atoms with van der Waals surface area (Å²) in [7, 11) is 0. The summed E-state index contributed by atoms with van der Waals surface area (Å²) >= 11 is 1.62. The number of hydrogen-bond donors (Lipinski definition) is 1. The Bertz CT molecular complexity index is 1260. The highest BCUT2D eigenvalue weighted by Gasteiger charge is 2.18. The lowest BCUT2D eigenvalue weighted by Crippen LogP contribution is -1.99. The summed E-state index contributed by atoms with van der Waals surface area (Å²) in [4.78, 5) is 21.8. The molecule has 0 radical (unpaired) electrons. The minimum atomic E-state index is -0.393. The third-order valence-corrected chi connectivity index (χ3v) is 6.16. The maximum Gasteiger partial charge on any atom is 0.271 e. The van der Waals surface area contributed by atoms with E-state index >= 15 is 0 Å². The first-order chi connectivity index (χ1) is 13.8. The molecule has 7 heteroatoms. The average Bonchev–Trinajstić information content (AvgIpc) is 3.02. The summed E-state index contributed by atoms with van der Waals surface area (Å²) in [6.45, 7) is 8.19. The Morgan fingerprint density at radius 3 is 2.45 bits per heavy atom. The molecule has 4 rings (SSSR count). The van der Waals surface area contributed by atoms with E-state index in [0.717, 1.165) is 31.8 Å². The number of anilines is 2. The molecule has 29 heavy (non-hydrogen) atoms. The third kappa shape index (κ3) is 3.45. The molecular formula is C22H20N4O2S. The number of nitro benzene ring substituents is 1. The van der Waals surface area contributed by atoms with E-state index in [1.807, 2.05) is 6.92 Å². The molecular weight excluding hydrogens is 384 g/mol. The van der Waals surface area contributed by atoms with Gasteiger partial charge in [-0.3, -0.25) is 10.1 Å². The first-order valence-corrected chi connectivity index (χ1v) is 10.0. The average molecular weight is 404 g/mol. The van der Waals surface area contributed by atoms with Crippen molar-refractivity contribution in [2.24, 2.45) is 0 Å². The van der Waals surface area contributed by atoms with E-state index in [9.17, 15) is 10.1 Å². The van der Waals surface area contributed by atoms with Crippen molar-refractivity contribution in [1.82, 2.24) is 9.97 Å². The summed E-state index contributed by atoms with van der Waals surface area (Å²) in [5, 5.41) is 15.4. The minimum Gasteiger partial charge on any atom is -0.339 e. The van der Waals surface area contributed by atoms with Crippen LogP contribution in [0.5, 0.6) is 0 Å². The lowest BCUT2D eigenvalue weighted by atomic mass is 9.99.